The van der Waals surface area contributed by atoms with Crippen LogP contribution in [-0.4, -0.2) is 12.1 Å². The zero-order valence-electron chi connectivity index (χ0n) is 9.45. The molecule has 0 aliphatic rings. The third kappa shape index (κ3) is 2480. The Kier molecular flexibility index (Phi) is 262. The van der Waals surface area contributed by atoms with Gasteiger partial charge in [-0.1, -0.05) is 0 Å². The second-order valence-electron chi connectivity index (χ2n) is 2.19. The Morgan fingerprint density at radius 1 is 0.765 bits per heavy atom. The second-order valence-corrected chi connectivity index (χ2v) is 2.19. The van der Waals surface area contributed by atoms with Crippen LogP contribution in [0.3, 0.4) is 0 Å². The van der Waals surface area contributed by atoms with E-state index in [1.54, 1.807) is 0 Å². The molecule has 0 atom stereocenters. The maximum Gasteiger partial charge on any atom is 5.00 e. The van der Waals surface area contributed by atoms with Crippen molar-refractivity contribution < 1.29 is 17.1 Å². The van der Waals surface area contributed by atoms with Crippen LogP contribution in [0.2, 0.25) is 0 Å². The Labute approximate surface area is 114 Å². The first-order valence-electron chi connectivity index (χ1n) is 3.17. The summed E-state index contributed by atoms with van der Waals surface area (Å²) in [5, 5.41) is 31.2. The van der Waals surface area contributed by atoms with Gasteiger partial charge in [-0.3, -0.25) is 0 Å². The summed E-state index contributed by atoms with van der Waals surface area (Å²) in [4.78, 5) is 0. The fraction of sp³-hybridized carbons (Fsp3) is 0.444. The second kappa shape index (κ2) is 96.5. The van der Waals surface area contributed by atoms with Crippen molar-refractivity contribution in [2.24, 2.45) is 11.5 Å². The number of hydrogen-bond acceptors (Lipinski definition) is 7. The van der Waals surface area contributed by atoms with Gasteiger partial charge >= 0.3 is 17.1 Å². The van der Waals surface area contributed by atoms with Crippen LogP contribution in [0, 0.1) is 59.2 Å². The summed E-state index contributed by atoms with van der Waals surface area (Å²) < 4.78 is 0. The van der Waals surface area contributed by atoms with E-state index < -0.39 is 0 Å². The van der Waals surface area contributed by atoms with Crippen molar-refractivity contribution in [2.45, 2.75) is 19.4 Å². The number of hydrogen-bond donors (Lipinski definition) is 2. The van der Waals surface area contributed by atoms with E-state index in [0.29, 0.717) is 6.54 Å². The Bertz CT molecular complexity index is 149. The van der Waals surface area contributed by atoms with Gasteiger partial charge in [0.05, 0.1) is 0 Å². The molecule has 0 aromatic heterocycles. The number of nitrogens with zero attached hydrogens (tertiary/aromatic N) is 5. The Morgan fingerprint density at radius 3 is 0.824 bits per heavy atom. The molecule has 1 radical (unpaired) electrons. The van der Waals surface area contributed by atoms with Crippen LogP contribution in [0.1, 0.15) is 13.8 Å². The van der Waals surface area contributed by atoms with Gasteiger partial charge in [-0.25, -0.2) is 0 Å². The smallest absolute Gasteiger partial charge is 0.512 e. The fourth-order valence-corrected chi connectivity index (χ4v) is 0. The number of rotatable bonds is 1. The first-order chi connectivity index (χ1) is 7.56. The fourth-order valence-electron chi connectivity index (χ4n) is 0. The van der Waals surface area contributed by atoms with Gasteiger partial charge in [0, 0.05) is 12.1 Å². The minimum absolute atomic E-state index is 0. The van der Waals surface area contributed by atoms with Crippen molar-refractivity contribution in [1.82, 2.24) is 0 Å². The summed E-state index contributed by atoms with van der Waals surface area (Å²) in [6.07, 6.45) is 0. The van der Waals surface area contributed by atoms with Crippen LogP contribution >= 0.6 is 0 Å². The first-order valence-corrected chi connectivity index (χ1v) is 3.17. The molecule has 0 saturated heterocycles. The molecule has 17 heavy (non-hydrogen) atoms. The standard InChI is InChI=1S/C4H12N2.5CN.Fe/c1-4(2,6)3-5;5*1-2;/h3,5-6H2,1-2H3;;;;;;/q;5*-1;+5. The quantitative estimate of drug-likeness (QED) is 0.506. The molecule has 0 heterocycles. The van der Waals surface area contributed by atoms with E-state index >= 15 is 0 Å². The molecule has 4 N–H and O–H groups in total. The largest absolute Gasteiger partial charge is 5.00 e. The molecule has 0 spiro atoms. The van der Waals surface area contributed by atoms with Gasteiger partial charge in [0.1, 0.15) is 0 Å². The predicted octanol–water partition coefficient (Wildman–Crippen LogP) is 0.162. The minimum atomic E-state index is -0.181. The molecule has 0 rings (SSSR count). The summed E-state index contributed by atoms with van der Waals surface area (Å²) in [6, 6.07) is 0. The molecule has 91 valence electrons. The van der Waals surface area contributed by atoms with Gasteiger partial charge in [-0.15, -0.1) is 0 Å². The van der Waals surface area contributed by atoms with E-state index in [0.717, 1.165) is 0 Å². The van der Waals surface area contributed by atoms with Crippen LogP contribution in [0.15, 0.2) is 0 Å². The summed E-state index contributed by atoms with van der Waals surface area (Å²) in [5.41, 5.74) is 10.4. The van der Waals surface area contributed by atoms with E-state index in [-0.39, 0.29) is 22.6 Å². The molecule has 0 aliphatic carbocycles. The summed E-state index contributed by atoms with van der Waals surface area (Å²) in [6.45, 7) is 28.1. The summed E-state index contributed by atoms with van der Waals surface area (Å²) >= 11 is 0. The van der Waals surface area contributed by atoms with E-state index in [9.17, 15) is 0 Å². The molecular formula is C9H12FeN7. The maximum atomic E-state index is 6.25. The van der Waals surface area contributed by atoms with E-state index in [4.69, 9.17) is 70.6 Å². The van der Waals surface area contributed by atoms with Gasteiger partial charge in [0.15, 0.2) is 0 Å². The van der Waals surface area contributed by atoms with E-state index in [1.165, 1.54) is 0 Å². The van der Waals surface area contributed by atoms with Crippen LogP contribution in [0.25, 0.3) is 0 Å². The zero-order chi connectivity index (χ0) is 15.2. The van der Waals surface area contributed by atoms with Crippen LogP contribution in [0.4, 0.5) is 0 Å². The van der Waals surface area contributed by atoms with E-state index in [2.05, 4.69) is 0 Å². The topological polar surface area (TPSA) is 171 Å². The van der Waals surface area contributed by atoms with Crippen molar-refractivity contribution >= 4 is 0 Å². The summed E-state index contributed by atoms with van der Waals surface area (Å²) in [7, 11) is 0. The average Bonchev–Trinajstić information content (AvgIpc) is 2.40. The zero-order valence-corrected chi connectivity index (χ0v) is 10.6. The summed E-state index contributed by atoms with van der Waals surface area (Å²) in [5.74, 6) is 0. The normalized spacial score (nSPS) is 4.82. The van der Waals surface area contributed by atoms with Crippen molar-refractivity contribution in [1.29, 1.82) is 26.3 Å². The maximum absolute atomic E-state index is 6.25. The van der Waals surface area contributed by atoms with Gasteiger partial charge in [-0.2, -0.15) is 0 Å². The van der Waals surface area contributed by atoms with Crippen molar-refractivity contribution in [3.8, 4) is 0 Å². The van der Waals surface area contributed by atoms with E-state index in [1.807, 2.05) is 13.8 Å². The number of nitrogens with two attached hydrogens (primary N) is 2. The monoisotopic (exact) mass is 274 g/mol. The molecule has 0 bridgehead atoms. The van der Waals surface area contributed by atoms with Gasteiger partial charge in [0.25, 0.3) is 0 Å². The predicted molar refractivity (Wildman–Crippen MR) is 52.2 cm³/mol. The van der Waals surface area contributed by atoms with Crippen LogP contribution in [-0.2, 0) is 17.1 Å². The van der Waals surface area contributed by atoms with Crippen molar-refractivity contribution in [2.75, 3.05) is 6.54 Å². The van der Waals surface area contributed by atoms with Crippen molar-refractivity contribution in [3.05, 3.63) is 32.9 Å². The van der Waals surface area contributed by atoms with Gasteiger partial charge < -0.3 is 70.6 Å². The minimum Gasteiger partial charge on any atom is -0.512 e. The average molecular weight is 274 g/mol. The molecule has 8 heteroatoms. The van der Waals surface area contributed by atoms with Gasteiger partial charge in [0.2, 0.25) is 0 Å². The van der Waals surface area contributed by atoms with Crippen LogP contribution < -0.4 is 11.5 Å². The Hall–Kier alpha value is -2.11. The molecular weight excluding hydrogens is 262 g/mol. The third-order valence-electron chi connectivity index (χ3n) is 0.526. The molecule has 0 aromatic rings. The van der Waals surface area contributed by atoms with Gasteiger partial charge in [-0.05, 0) is 13.8 Å². The molecule has 7 nitrogen and oxygen atoms in total. The van der Waals surface area contributed by atoms with Crippen LogP contribution in [0.5, 0.6) is 0 Å². The molecule has 0 aromatic carbocycles. The molecule has 0 unspecified atom stereocenters. The Balaban J connectivity index is -0.0000000158. The Morgan fingerprint density at radius 2 is 0.824 bits per heavy atom. The first kappa shape index (κ1) is 46.1. The molecule has 0 fully saturated rings. The molecule has 0 amide bonds. The molecule has 0 saturated carbocycles. The third-order valence-corrected chi connectivity index (χ3v) is 0.526. The SMILES string of the molecule is CC(C)(N)CN.[C-]#N.[C-]#N.[C-]#N.[C-]#N.[C-]#N.[Fe+5]. The van der Waals surface area contributed by atoms with Crippen molar-refractivity contribution in [3.63, 3.8) is 0 Å². The molecule has 0 aliphatic heterocycles.